The number of hydrogen-bond donors (Lipinski definition) is 1. The van der Waals surface area contributed by atoms with E-state index in [1.54, 1.807) is 12.1 Å². The van der Waals surface area contributed by atoms with Crippen LogP contribution in [0.3, 0.4) is 0 Å². The number of ether oxygens (including phenoxy) is 2. The van der Waals surface area contributed by atoms with Crippen molar-refractivity contribution in [1.82, 2.24) is 0 Å². The summed E-state index contributed by atoms with van der Waals surface area (Å²) in [6.45, 7) is 5.58. The summed E-state index contributed by atoms with van der Waals surface area (Å²) >= 11 is 3.28. The van der Waals surface area contributed by atoms with Crippen molar-refractivity contribution in [3.05, 3.63) is 28.2 Å². The summed E-state index contributed by atoms with van der Waals surface area (Å²) in [5, 5.41) is 9.03. The highest BCUT2D eigenvalue weighted by atomic mass is 79.9. The van der Waals surface area contributed by atoms with Crippen LogP contribution in [0.2, 0.25) is 0 Å². The monoisotopic (exact) mass is 316 g/mol. The second kappa shape index (κ2) is 7.38. The number of para-hydroxylation sites is 1. The zero-order valence-electron chi connectivity index (χ0n) is 10.5. The lowest BCUT2D eigenvalue weighted by molar-refractivity contribution is 0.0677. The Kier molecular flexibility index (Phi) is 6.15. The molecule has 1 aromatic rings. The summed E-state index contributed by atoms with van der Waals surface area (Å²) in [7, 11) is 0. The maximum absolute atomic E-state index is 11.0. The topological polar surface area (TPSA) is 55.8 Å². The van der Waals surface area contributed by atoms with E-state index in [2.05, 4.69) is 29.8 Å². The first kappa shape index (κ1) is 15.0. The Morgan fingerprint density at radius 1 is 1.39 bits per heavy atom. The molecule has 0 aliphatic heterocycles. The molecule has 4 nitrogen and oxygen atoms in total. The summed E-state index contributed by atoms with van der Waals surface area (Å²) < 4.78 is 11.5. The van der Waals surface area contributed by atoms with Gasteiger partial charge in [0.15, 0.2) is 0 Å². The minimum absolute atomic E-state index is 0.147. The molecule has 0 amide bonds. The molecule has 18 heavy (non-hydrogen) atoms. The summed E-state index contributed by atoms with van der Waals surface area (Å²) in [6.07, 6.45) is 0. The minimum atomic E-state index is -1.01. The van der Waals surface area contributed by atoms with Crippen molar-refractivity contribution in [2.75, 3.05) is 19.8 Å². The Hall–Kier alpha value is -1.07. The Bertz CT molecular complexity index is 404. The Morgan fingerprint density at radius 2 is 2.11 bits per heavy atom. The highest BCUT2D eigenvalue weighted by molar-refractivity contribution is 9.10. The largest absolute Gasteiger partial charge is 0.489 e. The van der Waals surface area contributed by atoms with Crippen molar-refractivity contribution in [3.8, 4) is 5.75 Å². The first-order valence-electron chi connectivity index (χ1n) is 5.74. The van der Waals surface area contributed by atoms with Gasteiger partial charge in [-0.05, 0) is 34.0 Å². The number of rotatable bonds is 7. The second-order valence-corrected chi connectivity index (χ2v) is 5.09. The van der Waals surface area contributed by atoms with E-state index in [1.165, 1.54) is 6.07 Å². The van der Waals surface area contributed by atoms with Crippen LogP contribution < -0.4 is 4.74 Å². The second-order valence-electron chi connectivity index (χ2n) is 4.24. The van der Waals surface area contributed by atoms with Crippen molar-refractivity contribution >= 4 is 21.9 Å². The summed E-state index contributed by atoms with van der Waals surface area (Å²) in [6, 6.07) is 4.92. The van der Waals surface area contributed by atoms with E-state index in [0.717, 1.165) is 0 Å². The first-order chi connectivity index (χ1) is 8.52. The molecule has 0 unspecified atom stereocenters. The van der Waals surface area contributed by atoms with Crippen molar-refractivity contribution in [2.45, 2.75) is 13.8 Å². The van der Waals surface area contributed by atoms with E-state index in [4.69, 9.17) is 14.6 Å². The Balaban J connectivity index is 2.53. The molecule has 0 aliphatic rings. The van der Waals surface area contributed by atoms with Gasteiger partial charge in [0, 0.05) is 6.61 Å². The van der Waals surface area contributed by atoms with E-state index in [1.807, 2.05) is 0 Å². The Labute approximate surface area is 115 Å². The van der Waals surface area contributed by atoms with Crippen LogP contribution in [0, 0.1) is 5.92 Å². The predicted molar refractivity (Wildman–Crippen MR) is 72.3 cm³/mol. The van der Waals surface area contributed by atoms with Crippen molar-refractivity contribution < 1.29 is 19.4 Å². The van der Waals surface area contributed by atoms with Gasteiger partial charge < -0.3 is 14.6 Å². The molecule has 0 bridgehead atoms. The van der Waals surface area contributed by atoms with Gasteiger partial charge in [0.05, 0.1) is 11.1 Å². The lowest BCUT2D eigenvalue weighted by Gasteiger charge is -2.12. The molecule has 0 heterocycles. The van der Waals surface area contributed by atoms with E-state index in [9.17, 15) is 4.79 Å². The smallest absolute Gasteiger partial charge is 0.339 e. The fourth-order valence-electron chi connectivity index (χ4n) is 1.35. The van der Waals surface area contributed by atoms with Crippen LogP contribution in [0.4, 0.5) is 0 Å². The van der Waals surface area contributed by atoms with E-state index >= 15 is 0 Å². The standard InChI is InChI=1S/C13H17BrO4/c1-9(2)8-17-6-7-18-12-10(13(15)16)4-3-5-11(12)14/h3-5,9H,6-8H2,1-2H3,(H,15,16). The first-order valence-corrected chi connectivity index (χ1v) is 6.54. The zero-order valence-corrected chi connectivity index (χ0v) is 12.1. The highest BCUT2D eigenvalue weighted by Gasteiger charge is 2.13. The number of hydrogen-bond acceptors (Lipinski definition) is 3. The van der Waals surface area contributed by atoms with Gasteiger partial charge in [-0.2, -0.15) is 0 Å². The van der Waals surface area contributed by atoms with Crippen LogP contribution in [0.15, 0.2) is 22.7 Å². The van der Waals surface area contributed by atoms with Gasteiger partial charge in [0.2, 0.25) is 0 Å². The molecule has 0 saturated heterocycles. The van der Waals surface area contributed by atoms with Crippen LogP contribution in [0.5, 0.6) is 5.75 Å². The summed E-state index contributed by atoms with van der Waals surface area (Å²) in [5.41, 5.74) is 0.147. The average Bonchev–Trinajstić information content (AvgIpc) is 2.29. The maximum Gasteiger partial charge on any atom is 0.339 e. The SMILES string of the molecule is CC(C)COCCOc1c(Br)cccc1C(=O)O. The van der Waals surface area contributed by atoms with Crippen LogP contribution in [0.1, 0.15) is 24.2 Å². The molecule has 0 atom stereocenters. The van der Waals surface area contributed by atoms with Gasteiger partial charge in [-0.3, -0.25) is 0 Å². The average molecular weight is 317 g/mol. The molecule has 0 radical (unpaired) electrons. The molecule has 0 saturated carbocycles. The van der Waals surface area contributed by atoms with Gasteiger partial charge >= 0.3 is 5.97 Å². The van der Waals surface area contributed by atoms with Crippen molar-refractivity contribution in [1.29, 1.82) is 0 Å². The van der Waals surface area contributed by atoms with E-state index in [0.29, 0.717) is 36.0 Å². The minimum Gasteiger partial charge on any atom is -0.489 e. The number of benzene rings is 1. The molecule has 0 aromatic heterocycles. The molecule has 0 aliphatic carbocycles. The number of carboxylic acid groups (broad SMARTS) is 1. The molecule has 1 N–H and O–H groups in total. The van der Waals surface area contributed by atoms with Crippen LogP contribution in [0.25, 0.3) is 0 Å². The third-order valence-corrected chi connectivity index (χ3v) is 2.75. The van der Waals surface area contributed by atoms with Gasteiger partial charge in [-0.15, -0.1) is 0 Å². The number of aromatic carboxylic acids is 1. The molecule has 0 spiro atoms. The number of halogens is 1. The summed E-state index contributed by atoms with van der Waals surface area (Å²) in [5.74, 6) is -0.185. The van der Waals surface area contributed by atoms with Crippen molar-refractivity contribution in [2.24, 2.45) is 5.92 Å². The predicted octanol–water partition coefficient (Wildman–Crippen LogP) is 3.20. The molecule has 5 heteroatoms. The zero-order chi connectivity index (χ0) is 13.5. The third kappa shape index (κ3) is 4.66. The molecule has 1 rings (SSSR count). The van der Waals surface area contributed by atoms with Gasteiger partial charge in [0.1, 0.15) is 17.9 Å². The van der Waals surface area contributed by atoms with Gasteiger partial charge in [-0.25, -0.2) is 4.79 Å². The fraction of sp³-hybridized carbons (Fsp3) is 0.462. The molecule has 1 aromatic carbocycles. The van der Waals surface area contributed by atoms with E-state index < -0.39 is 5.97 Å². The fourth-order valence-corrected chi connectivity index (χ4v) is 1.83. The molecule has 100 valence electrons. The lowest BCUT2D eigenvalue weighted by Crippen LogP contribution is -2.12. The van der Waals surface area contributed by atoms with Gasteiger partial charge in [-0.1, -0.05) is 19.9 Å². The quantitative estimate of drug-likeness (QED) is 0.785. The van der Waals surface area contributed by atoms with Crippen LogP contribution in [-0.2, 0) is 4.74 Å². The van der Waals surface area contributed by atoms with Crippen LogP contribution in [-0.4, -0.2) is 30.9 Å². The molecular weight excluding hydrogens is 300 g/mol. The normalized spacial score (nSPS) is 10.7. The highest BCUT2D eigenvalue weighted by Crippen LogP contribution is 2.28. The maximum atomic E-state index is 11.0. The van der Waals surface area contributed by atoms with Gasteiger partial charge in [0.25, 0.3) is 0 Å². The lowest BCUT2D eigenvalue weighted by atomic mass is 10.2. The van der Waals surface area contributed by atoms with E-state index in [-0.39, 0.29) is 5.56 Å². The third-order valence-electron chi connectivity index (χ3n) is 2.12. The van der Waals surface area contributed by atoms with Crippen molar-refractivity contribution in [3.63, 3.8) is 0 Å². The Morgan fingerprint density at radius 3 is 2.72 bits per heavy atom. The molecular formula is C13H17BrO4. The number of carbonyl (C=O) groups is 1. The summed E-state index contributed by atoms with van der Waals surface area (Å²) in [4.78, 5) is 11.0. The number of carboxylic acids is 1. The molecule has 0 fully saturated rings. The van der Waals surface area contributed by atoms with Crippen LogP contribution >= 0.6 is 15.9 Å².